The number of rotatable bonds is 4. The van der Waals surface area contributed by atoms with Crippen LogP contribution in [0.15, 0.2) is 11.4 Å². The molecule has 1 aromatic heterocycles. The van der Waals surface area contributed by atoms with Crippen LogP contribution in [-0.2, 0) is 0 Å². The van der Waals surface area contributed by atoms with Crippen LogP contribution < -0.4 is 0 Å². The second-order valence-corrected chi connectivity index (χ2v) is 4.76. The lowest BCUT2D eigenvalue weighted by atomic mass is 9.94. The van der Waals surface area contributed by atoms with E-state index in [1.54, 1.807) is 11.3 Å². The first kappa shape index (κ1) is 10.7. The molecule has 74 valence electrons. The van der Waals surface area contributed by atoms with Gasteiger partial charge in [0.2, 0.25) is 0 Å². The van der Waals surface area contributed by atoms with Crippen LogP contribution in [0.1, 0.15) is 43.2 Å². The van der Waals surface area contributed by atoms with Crippen LogP contribution in [0.2, 0.25) is 0 Å². The molecule has 0 radical (unpaired) electrons. The zero-order valence-corrected chi connectivity index (χ0v) is 9.40. The zero-order valence-electron chi connectivity index (χ0n) is 8.58. The summed E-state index contributed by atoms with van der Waals surface area (Å²) in [7, 11) is 0. The maximum absolute atomic E-state index is 10.00. The molecular weight excluding hydrogens is 180 g/mol. The second-order valence-electron chi connectivity index (χ2n) is 3.64. The third-order valence-corrected chi connectivity index (χ3v) is 3.36. The van der Waals surface area contributed by atoms with Crippen molar-refractivity contribution in [2.24, 2.45) is 5.92 Å². The molecule has 1 heterocycles. The lowest BCUT2D eigenvalue weighted by molar-refractivity contribution is 0.112. The van der Waals surface area contributed by atoms with Gasteiger partial charge in [0, 0.05) is 4.88 Å². The first-order valence-electron chi connectivity index (χ1n) is 4.88. The molecule has 0 aromatic carbocycles. The summed E-state index contributed by atoms with van der Waals surface area (Å²) in [5.41, 5.74) is 1.12. The number of aliphatic hydroxyl groups is 1. The van der Waals surface area contributed by atoms with Crippen molar-refractivity contribution < 1.29 is 5.11 Å². The molecule has 13 heavy (non-hydrogen) atoms. The number of hydrogen-bond acceptors (Lipinski definition) is 2. The van der Waals surface area contributed by atoms with Crippen molar-refractivity contribution in [3.05, 3.63) is 21.9 Å². The quantitative estimate of drug-likeness (QED) is 0.784. The second kappa shape index (κ2) is 4.77. The van der Waals surface area contributed by atoms with E-state index in [1.165, 1.54) is 4.88 Å². The molecule has 0 saturated carbocycles. The van der Waals surface area contributed by atoms with Crippen LogP contribution >= 0.6 is 11.3 Å². The molecule has 2 unspecified atom stereocenters. The van der Waals surface area contributed by atoms with Crippen molar-refractivity contribution in [2.75, 3.05) is 0 Å². The minimum Gasteiger partial charge on any atom is -0.388 e. The van der Waals surface area contributed by atoms with Crippen LogP contribution in [0.5, 0.6) is 0 Å². The van der Waals surface area contributed by atoms with Gasteiger partial charge < -0.3 is 5.11 Å². The number of aliphatic hydroxyl groups excluding tert-OH is 1. The van der Waals surface area contributed by atoms with Gasteiger partial charge in [0.05, 0.1) is 6.10 Å². The summed E-state index contributed by atoms with van der Waals surface area (Å²) < 4.78 is 0. The van der Waals surface area contributed by atoms with Crippen molar-refractivity contribution >= 4 is 11.3 Å². The van der Waals surface area contributed by atoms with Crippen molar-refractivity contribution in [3.63, 3.8) is 0 Å². The molecule has 0 amide bonds. The standard InChI is InChI=1S/C11H18OS/c1-4-5-8(2)11(12)10-6-7-13-9(10)3/h6-8,11-12H,4-5H2,1-3H3. The Kier molecular flexibility index (Phi) is 3.94. The lowest BCUT2D eigenvalue weighted by Crippen LogP contribution is -2.08. The molecule has 1 aromatic rings. The van der Waals surface area contributed by atoms with Crippen molar-refractivity contribution in [1.29, 1.82) is 0 Å². The highest BCUT2D eigenvalue weighted by Crippen LogP contribution is 2.29. The molecule has 0 aliphatic carbocycles. The van der Waals surface area contributed by atoms with E-state index >= 15 is 0 Å². The Morgan fingerprint density at radius 3 is 2.69 bits per heavy atom. The van der Waals surface area contributed by atoms with Gasteiger partial charge in [-0.3, -0.25) is 0 Å². The average Bonchev–Trinajstić information content (AvgIpc) is 2.50. The van der Waals surface area contributed by atoms with Crippen LogP contribution in [0, 0.1) is 12.8 Å². The fraction of sp³-hybridized carbons (Fsp3) is 0.636. The fourth-order valence-electron chi connectivity index (χ4n) is 1.62. The molecule has 0 spiro atoms. The number of aryl methyl sites for hydroxylation is 1. The van der Waals surface area contributed by atoms with Gasteiger partial charge in [0.15, 0.2) is 0 Å². The summed E-state index contributed by atoms with van der Waals surface area (Å²) in [4.78, 5) is 1.25. The van der Waals surface area contributed by atoms with Gasteiger partial charge in [-0.2, -0.15) is 0 Å². The predicted octanol–water partition coefficient (Wildman–Crippen LogP) is 3.53. The highest BCUT2D eigenvalue weighted by molar-refractivity contribution is 7.10. The Labute approximate surface area is 84.4 Å². The van der Waals surface area contributed by atoms with Crippen LogP contribution in [0.25, 0.3) is 0 Å². The molecule has 0 fully saturated rings. The SMILES string of the molecule is CCCC(C)C(O)c1ccsc1C. The minimum absolute atomic E-state index is 0.272. The average molecular weight is 198 g/mol. The van der Waals surface area contributed by atoms with Gasteiger partial charge in [-0.05, 0) is 36.3 Å². The molecule has 2 atom stereocenters. The Hall–Kier alpha value is -0.340. The third kappa shape index (κ3) is 2.55. The van der Waals surface area contributed by atoms with Crippen LogP contribution in [-0.4, -0.2) is 5.11 Å². The van der Waals surface area contributed by atoms with Gasteiger partial charge >= 0.3 is 0 Å². The van der Waals surface area contributed by atoms with Gasteiger partial charge in [0.1, 0.15) is 0 Å². The van der Waals surface area contributed by atoms with Crippen molar-refractivity contribution in [2.45, 2.75) is 39.7 Å². The molecular formula is C11H18OS. The van der Waals surface area contributed by atoms with E-state index in [2.05, 4.69) is 20.8 Å². The summed E-state index contributed by atoms with van der Waals surface area (Å²) in [6.45, 7) is 6.34. The van der Waals surface area contributed by atoms with E-state index in [1.807, 2.05) is 11.4 Å². The fourth-order valence-corrected chi connectivity index (χ4v) is 2.37. The monoisotopic (exact) mass is 198 g/mol. The van der Waals surface area contributed by atoms with E-state index in [-0.39, 0.29) is 6.10 Å². The molecule has 0 saturated heterocycles. The normalized spacial score (nSPS) is 15.7. The highest BCUT2D eigenvalue weighted by atomic mass is 32.1. The summed E-state index contributed by atoms with van der Waals surface area (Å²) in [6.07, 6.45) is 1.96. The van der Waals surface area contributed by atoms with Crippen LogP contribution in [0.4, 0.5) is 0 Å². The van der Waals surface area contributed by atoms with Gasteiger partial charge in [-0.15, -0.1) is 11.3 Å². The predicted molar refractivity (Wildman–Crippen MR) is 58.1 cm³/mol. The van der Waals surface area contributed by atoms with Gasteiger partial charge in [0.25, 0.3) is 0 Å². The number of thiophene rings is 1. The summed E-state index contributed by atoms with van der Waals surface area (Å²) in [5.74, 6) is 0.373. The van der Waals surface area contributed by atoms with E-state index in [0.29, 0.717) is 5.92 Å². The Balaban J connectivity index is 2.67. The van der Waals surface area contributed by atoms with E-state index in [4.69, 9.17) is 0 Å². The maximum Gasteiger partial charge on any atom is 0.0826 e. The van der Waals surface area contributed by atoms with E-state index in [0.717, 1.165) is 18.4 Å². The maximum atomic E-state index is 10.00. The molecule has 2 heteroatoms. The lowest BCUT2D eigenvalue weighted by Gasteiger charge is -2.18. The summed E-state index contributed by atoms with van der Waals surface area (Å²) in [6, 6.07) is 2.04. The third-order valence-electron chi connectivity index (χ3n) is 2.50. The Bertz CT molecular complexity index is 254. The Morgan fingerprint density at radius 2 is 2.23 bits per heavy atom. The van der Waals surface area contributed by atoms with Crippen molar-refractivity contribution in [1.82, 2.24) is 0 Å². The minimum atomic E-state index is -0.272. The topological polar surface area (TPSA) is 20.2 Å². The van der Waals surface area contributed by atoms with E-state index < -0.39 is 0 Å². The zero-order chi connectivity index (χ0) is 9.84. The molecule has 1 N–H and O–H groups in total. The Morgan fingerprint density at radius 1 is 1.54 bits per heavy atom. The summed E-state index contributed by atoms with van der Waals surface area (Å²) >= 11 is 1.71. The largest absolute Gasteiger partial charge is 0.388 e. The first-order chi connectivity index (χ1) is 6.16. The van der Waals surface area contributed by atoms with Gasteiger partial charge in [-0.25, -0.2) is 0 Å². The summed E-state index contributed by atoms with van der Waals surface area (Å²) in [5, 5.41) is 12.0. The molecule has 0 aliphatic rings. The van der Waals surface area contributed by atoms with E-state index in [9.17, 15) is 5.11 Å². The highest BCUT2D eigenvalue weighted by Gasteiger charge is 2.17. The molecule has 0 bridgehead atoms. The molecule has 1 rings (SSSR count). The smallest absolute Gasteiger partial charge is 0.0826 e. The number of hydrogen-bond donors (Lipinski definition) is 1. The molecule has 0 aliphatic heterocycles. The first-order valence-corrected chi connectivity index (χ1v) is 5.76. The van der Waals surface area contributed by atoms with Gasteiger partial charge in [-0.1, -0.05) is 20.3 Å². The van der Waals surface area contributed by atoms with Crippen molar-refractivity contribution in [3.8, 4) is 0 Å². The van der Waals surface area contributed by atoms with Crippen LogP contribution in [0.3, 0.4) is 0 Å². The molecule has 1 nitrogen and oxygen atoms in total.